The predicted octanol–water partition coefficient (Wildman–Crippen LogP) is 3.17. The molecule has 2 N–H and O–H groups in total. The summed E-state index contributed by atoms with van der Waals surface area (Å²) in [5, 5.41) is 12.9. The van der Waals surface area contributed by atoms with Gasteiger partial charge in [-0.25, -0.2) is 9.97 Å². The first-order valence-electron chi connectivity index (χ1n) is 7.44. The van der Waals surface area contributed by atoms with Crippen LogP contribution >= 0.6 is 11.6 Å². The second-order valence-electron chi connectivity index (χ2n) is 5.49. The predicted molar refractivity (Wildman–Crippen MR) is 89.3 cm³/mol. The number of benzene rings is 1. The van der Waals surface area contributed by atoms with Crippen LogP contribution in [0.15, 0.2) is 36.7 Å². The van der Waals surface area contributed by atoms with E-state index in [-0.39, 0.29) is 5.92 Å². The molecule has 1 aliphatic rings. The molecule has 1 fully saturated rings. The number of carbonyl (C=O) groups is 1. The number of carboxylic acid groups (broad SMARTS) is 1. The summed E-state index contributed by atoms with van der Waals surface area (Å²) < 4.78 is 0. The second-order valence-corrected chi connectivity index (χ2v) is 5.93. The fourth-order valence-electron chi connectivity index (χ4n) is 2.62. The molecule has 3 rings (SSSR count). The van der Waals surface area contributed by atoms with E-state index in [0.717, 1.165) is 11.5 Å². The van der Waals surface area contributed by atoms with Gasteiger partial charge in [0.05, 0.1) is 5.92 Å². The van der Waals surface area contributed by atoms with Crippen LogP contribution in [-0.2, 0) is 4.79 Å². The van der Waals surface area contributed by atoms with Gasteiger partial charge in [-0.2, -0.15) is 0 Å². The van der Waals surface area contributed by atoms with Crippen molar-refractivity contribution in [2.24, 2.45) is 5.92 Å². The lowest BCUT2D eigenvalue weighted by Crippen LogP contribution is -2.36. The van der Waals surface area contributed by atoms with Gasteiger partial charge < -0.3 is 15.3 Å². The van der Waals surface area contributed by atoms with E-state index in [1.807, 2.05) is 30.3 Å². The molecular weight excluding hydrogens is 316 g/mol. The fraction of sp³-hybridized carbons (Fsp3) is 0.312. The van der Waals surface area contributed by atoms with Crippen molar-refractivity contribution in [3.63, 3.8) is 0 Å². The Bertz CT molecular complexity index is 685. The van der Waals surface area contributed by atoms with Crippen molar-refractivity contribution in [2.45, 2.75) is 12.8 Å². The Kier molecular flexibility index (Phi) is 4.62. The molecule has 0 spiro atoms. The van der Waals surface area contributed by atoms with Gasteiger partial charge in [0.2, 0.25) is 0 Å². The van der Waals surface area contributed by atoms with E-state index < -0.39 is 5.97 Å². The summed E-state index contributed by atoms with van der Waals surface area (Å²) in [5.74, 6) is 0.537. The highest BCUT2D eigenvalue weighted by Gasteiger charge is 2.25. The van der Waals surface area contributed by atoms with Crippen LogP contribution in [0.5, 0.6) is 0 Å². The Morgan fingerprint density at radius 3 is 2.57 bits per heavy atom. The smallest absolute Gasteiger partial charge is 0.306 e. The molecule has 7 heteroatoms. The molecule has 23 heavy (non-hydrogen) atoms. The van der Waals surface area contributed by atoms with Crippen molar-refractivity contribution >= 4 is 34.9 Å². The molecule has 0 aliphatic carbocycles. The molecule has 2 aromatic rings. The van der Waals surface area contributed by atoms with Crippen LogP contribution in [0, 0.1) is 5.92 Å². The highest BCUT2D eigenvalue weighted by Crippen LogP contribution is 2.24. The van der Waals surface area contributed by atoms with Crippen LogP contribution in [0.4, 0.5) is 17.3 Å². The molecular formula is C16H17ClN4O2. The number of rotatable bonds is 4. The van der Waals surface area contributed by atoms with Crippen LogP contribution in [0.1, 0.15) is 12.8 Å². The maximum Gasteiger partial charge on any atom is 0.306 e. The lowest BCUT2D eigenvalue weighted by Gasteiger charge is -2.31. The average molecular weight is 333 g/mol. The normalized spacial score (nSPS) is 15.4. The zero-order valence-corrected chi connectivity index (χ0v) is 13.2. The Labute approximate surface area is 139 Å². The molecule has 1 saturated heterocycles. The highest BCUT2D eigenvalue weighted by atomic mass is 35.5. The summed E-state index contributed by atoms with van der Waals surface area (Å²) in [5.41, 5.74) is 0.892. The van der Waals surface area contributed by atoms with E-state index in [2.05, 4.69) is 20.2 Å². The summed E-state index contributed by atoms with van der Waals surface area (Å²) in [6, 6.07) is 9.24. The Morgan fingerprint density at radius 1 is 1.22 bits per heavy atom. The molecule has 0 amide bonds. The van der Waals surface area contributed by atoms with Crippen molar-refractivity contribution in [2.75, 3.05) is 23.3 Å². The summed E-state index contributed by atoms with van der Waals surface area (Å²) in [7, 11) is 0. The van der Waals surface area contributed by atoms with Crippen LogP contribution in [0.2, 0.25) is 5.02 Å². The minimum atomic E-state index is -0.711. The van der Waals surface area contributed by atoms with E-state index in [0.29, 0.717) is 36.8 Å². The van der Waals surface area contributed by atoms with Gasteiger partial charge in [0.1, 0.15) is 18.0 Å². The summed E-state index contributed by atoms with van der Waals surface area (Å²) in [6.07, 6.45) is 2.79. The van der Waals surface area contributed by atoms with Crippen LogP contribution in [0.25, 0.3) is 0 Å². The molecule has 6 nitrogen and oxygen atoms in total. The third-order valence-electron chi connectivity index (χ3n) is 3.94. The largest absolute Gasteiger partial charge is 0.481 e. The van der Waals surface area contributed by atoms with Gasteiger partial charge in [-0.15, -0.1) is 0 Å². The van der Waals surface area contributed by atoms with Crippen LogP contribution < -0.4 is 10.2 Å². The second kappa shape index (κ2) is 6.83. The standard InChI is InChI=1S/C16H17ClN4O2/c17-12-1-3-13(4-2-12)20-14-9-15(19-10-18-14)21-7-5-11(6-8-21)16(22)23/h1-4,9-11H,5-8H2,(H,22,23)(H,18,19,20). The zero-order valence-electron chi connectivity index (χ0n) is 12.4. The van der Waals surface area contributed by atoms with Crippen molar-refractivity contribution in [3.05, 3.63) is 41.7 Å². The van der Waals surface area contributed by atoms with Gasteiger partial charge in [-0.05, 0) is 37.1 Å². The molecule has 0 saturated carbocycles. The molecule has 0 radical (unpaired) electrons. The van der Waals surface area contributed by atoms with Crippen LogP contribution in [-0.4, -0.2) is 34.1 Å². The van der Waals surface area contributed by atoms with E-state index in [1.165, 1.54) is 6.33 Å². The summed E-state index contributed by atoms with van der Waals surface area (Å²) in [4.78, 5) is 21.6. The van der Waals surface area contributed by atoms with Gasteiger partial charge in [-0.3, -0.25) is 4.79 Å². The van der Waals surface area contributed by atoms with E-state index in [4.69, 9.17) is 16.7 Å². The average Bonchev–Trinajstić information content (AvgIpc) is 2.57. The quantitative estimate of drug-likeness (QED) is 0.895. The maximum absolute atomic E-state index is 11.0. The van der Waals surface area contributed by atoms with E-state index in [1.54, 1.807) is 0 Å². The van der Waals surface area contributed by atoms with Gasteiger partial charge in [0, 0.05) is 29.9 Å². The van der Waals surface area contributed by atoms with Crippen molar-refractivity contribution in [1.82, 2.24) is 9.97 Å². The number of carboxylic acids is 1. The molecule has 120 valence electrons. The zero-order chi connectivity index (χ0) is 16.2. The van der Waals surface area contributed by atoms with E-state index in [9.17, 15) is 4.79 Å². The number of nitrogens with one attached hydrogen (secondary N) is 1. The van der Waals surface area contributed by atoms with Crippen molar-refractivity contribution in [1.29, 1.82) is 0 Å². The molecule has 2 heterocycles. The Hall–Kier alpha value is -2.34. The molecule has 1 aliphatic heterocycles. The Balaban J connectivity index is 1.68. The number of hydrogen-bond donors (Lipinski definition) is 2. The number of anilines is 3. The monoisotopic (exact) mass is 332 g/mol. The number of aromatic nitrogens is 2. The SMILES string of the molecule is O=C(O)C1CCN(c2cc(Nc3ccc(Cl)cc3)ncn2)CC1. The van der Waals surface area contributed by atoms with Gasteiger partial charge in [0.25, 0.3) is 0 Å². The lowest BCUT2D eigenvalue weighted by molar-refractivity contribution is -0.142. The maximum atomic E-state index is 11.0. The van der Waals surface area contributed by atoms with E-state index >= 15 is 0 Å². The van der Waals surface area contributed by atoms with Crippen molar-refractivity contribution < 1.29 is 9.90 Å². The number of nitrogens with zero attached hydrogens (tertiary/aromatic N) is 3. The first-order valence-corrected chi connectivity index (χ1v) is 7.82. The lowest BCUT2D eigenvalue weighted by atomic mass is 9.97. The molecule has 1 aromatic carbocycles. The van der Waals surface area contributed by atoms with Crippen LogP contribution in [0.3, 0.4) is 0 Å². The van der Waals surface area contributed by atoms with Gasteiger partial charge >= 0.3 is 5.97 Å². The Morgan fingerprint density at radius 2 is 1.91 bits per heavy atom. The molecule has 0 bridgehead atoms. The van der Waals surface area contributed by atoms with Gasteiger partial charge in [0.15, 0.2) is 0 Å². The summed E-state index contributed by atoms with van der Waals surface area (Å²) in [6.45, 7) is 1.38. The molecule has 0 unspecified atom stereocenters. The minimum Gasteiger partial charge on any atom is -0.481 e. The number of piperidine rings is 1. The highest BCUT2D eigenvalue weighted by molar-refractivity contribution is 6.30. The van der Waals surface area contributed by atoms with Gasteiger partial charge in [-0.1, -0.05) is 11.6 Å². The topological polar surface area (TPSA) is 78.4 Å². The first-order chi connectivity index (χ1) is 11.1. The first kappa shape index (κ1) is 15.6. The third kappa shape index (κ3) is 3.90. The number of halogens is 1. The number of aliphatic carboxylic acids is 1. The molecule has 0 atom stereocenters. The summed E-state index contributed by atoms with van der Waals surface area (Å²) >= 11 is 5.87. The minimum absolute atomic E-state index is 0.250. The fourth-order valence-corrected chi connectivity index (χ4v) is 2.75. The third-order valence-corrected chi connectivity index (χ3v) is 4.19. The molecule has 1 aromatic heterocycles. The number of hydrogen-bond acceptors (Lipinski definition) is 5. The van der Waals surface area contributed by atoms with Crippen molar-refractivity contribution in [3.8, 4) is 0 Å².